The lowest BCUT2D eigenvalue weighted by Crippen LogP contribution is -2.51. The molecule has 0 spiro atoms. The maximum Gasteiger partial charge on any atom is 0.101 e. The molecule has 180 valence electrons. The van der Waals surface area contributed by atoms with Gasteiger partial charge in [-0.15, -0.1) is 0 Å². The summed E-state index contributed by atoms with van der Waals surface area (Å²) in [4.78, 5) is 11.9. The largest absolute Gasteiger partial charge is 0.392 e. The molecule has 7 nitrogen and oxygen atoms in total. The second-order valence-corrected chi connectivity index (χ2v) is 10.2. The molecule has 6 rings (SSSR count). The molecule has 0 bridgehead atoms. The lowest BCUT2D eigenvalue weighted by Gasteiger charge is -2.43. The molecule has 0 aliphatic carbocycles. The third kappa shape index (κ3) is 4.12. The van der Waals surface area contributed by atoms with Crippen molar-refractivity contribution in [2.24, 2.45) is 0 Å². The highest BCUT2D eigenvalue weighted by Gasteiger charge is 2.39. The monoisotopic (exact) mass is 468 g/mol. The third-order valence-corrected chi connectivity index (χ3v) is 7.91. The molecular formula is C28H32N6O. The highest BCUT2D eigenvalue weighted by molar-refractivity contribution is 5.95. The van der Waals surface area contributed by atoms with Crippen molar-refractivity contribution in [1.82, 2.24) is 14.8 Å². The van der Waals surface area contributed by atoms with Crippen LogP contribution in [0.1, 0.15) is 36.1 Å². The van der Waals surface area contributed by atoms with Gasteiger partial charge in [0.25, 0.3) is 0 Å². The molecule has 2 aromatic carbocycles. The molecule has 3 aliphatic rings. The van der Waals surface area contributed by atoms with Crippen LogP contribution in [0.3, 0.4) is 0 Å². The van der Waals surface area contributed by atoms with Crippen LogP contribution in [-0.2, 0) is 6.54 Å². The van der Waals surface area contributed by atoms with Gasteiger partial charge in [0.1, 0.15) is 6.07 Å². The van der Waals surface area contributed by atoms with Crippen LogP contribution in [0.5, 0.6) is 0 Å². The van der Waals surface area contributed by atoms with Crippen LogP contribution in [0, 0.1) is 11.3 Å². The number of rotatable bonds is 5. The van der Waals surface area contributed by atoms with Crippen LogP contribution in [0.4, 0.5) is 11.4 Å². The van der Waals surface area contributed by atoms with Crippen molar-refractivity contribution in [2.45, 2.75) is 38.1 Å². The molecule has 35 heavy (non-hydrogen) atoms. The Morgan fingerprint density at radius 1 is 1.17 bits per heavy atom. The van der Waals surface area contributed by atoms with E-state index in [1.807, 2.05) is 12.1 Å². The summed E-state index contributed by atoms with van der Waals surface area (Å²) < 4.78 is 0. The molecule has 0 amide bonds. The summed E-state index contributed by atoms with van der Waals surface area (Å²) in [6, 6.07) is 17.9. The van der Waals surface area contributed by atoms with Gasteiger partial charge >= 0.3 is 0 Å². The minimum absolute atomic E-state index is 0.160. The van der Waals surface area contributed by atoms with Gasteiger partial charge in [-0.05, 0) is 60.9 Å². The van der Waals surface area contributed by atoms with Crippen LogP contribution in [0.2, 0.25) is 0 Å². The molecule has 7 heteroatoms. The summed E-state index contributed by atoms with van der Waals surface area (Å²) in [5.74, 6) is 0. The molecule has 0 unspecified atom stereocenters. The number of nitrogens with one attached hydrogen (secondary N) is 1. The lowest BCUT2D eigenvalue weighted by molar-refractivity contribution is 0.134. The van der Waals surface area contributed by atoms with Gasteiger partial charge in [-0.1, -0.05) is 6.07 Å². The zero-order valence-corrected chi connectivity index (χ0v) is 20.2. The SMILES string of the molecule is C[C@@H]1CN(c2ccc(C#N)c3ncccc23)C[C@@H]2c3ccc(NCCN4CC[C@H](O)C4)cc3CN12. The predicted octanol–water partition coefficient (Wildman–Crippen LogP) is 3.35. The third-order valence-electron chi connectivity index (χ3n) is 7.91. The first-order valence-electron chi connectivity index (χ1n) is 12.7. The Balaban J connectivity index is 1.20. The zero-order valence-electron chi connectivity index (χ0n) is 20.2. The van der Waals surface area contributed by atoms with Gasteiger partial charge < -0.3 is 15.3 Å². The van der Waals surface area contributed by atoms with E-state index in [9.17, 15) is 10.4 Å². The first-order valence-corrected chi connectivity index (χ1v) is 12.7. The molecule has 3 aliphatic heterocycles. The van der Waals surface area contributed by atoms with E-state index >= 15 is 0 Å². The van der Waals surface area contributed by atoms with Crippen molar-refractivity contribution in [3.05, 3.63) is 65.4 Å². The molecule has 3 aromatic rings. The standard InChI is InChI=1S/C28H32N6O/c1-19-15-33(26-7-4-20(14-29)28-25(26)3-2-9-31-28)18-27-24-6-5-22(13-21(24)16-34(19)27)30-10-12-32-11-8-23(35)17-32/h2-7,9,13,19,23,27,30,35H,8,10-12,15-18H2,1H3/t19-,23+,27-/m1/s1. The molecule has 0 saturated carbocycles. The van der Waals surface area contributed by atoms with E-state index in [0.29, 0.717) is 17.6 Å². The second kappa shape index (κ2) is 9.12. The number of anilines is 2. The number of hydrogen-bond acceptors (Lipinski definition) is 7. The molecular weight excluding hydrogens is 436 g/mol. The second-order valence-electron chi connectivity index (χ2n) is 10.2. The van der Waals surface area contributed by atoms with E-state index in [2.05, 4.69) is 68.3 Å². The Kier molecular flexibility index (Phi) is 5.81. The Morgan fingerprint density at radius 3 is 2.91 bits per heavy atom. The summed E-state index contributed by atoms with van der Waals surface area (Å²) >= 11 is 0. The first-order chi connectivity index (χ1) is 17.1. The van der Waals surface area contributed by atoms with Gasteiger partial charge in [-0.3, -0.25) is 14.8 Å². The average molecular weight is 469 g/mol. The highest BCUT2D eigenvalue weighted by atomic mass is 16.3. The number of likely N-dealkylation sites (tertiary alicyclic amines) is 1. The number of aromatic nitrogens is 1. The quantitative estimate of drug-likeness (QED) is 0.595. The topological polar surface area (TPSA) is 78.7 Å². The number of nitrogens with zero attached hydrogens (tertiary/aromatic N) is 5. The Labute approximate surface area is 206 Å². The van der Waals surface area contributed by atoms with Gasteiger partial charge in [0.05, 0.1) is 23.2 Å². The number of aliphatic hydroxyl groups excluding tert-OH is 1. The Hall–Kier alpha value is -3.18. The van der Waals surface area contributed by atoms with Gasteiger partial charge in [-0.2, -0.15) is 5.26 Å². The van der Waals surface area contributed by atoms with Gasteiger partial charge in [0.2, 0.25) is 0 Å². The van der Waals surface area contributed by atoms with Crippen molar-refractivity contribution in [3.63, 3.8) is 0 Å². The van der Waals surface area contributed by atoms with Crippen molar-refractivity contribution in [1.29, 1.82) is 5.26 Å². The van der Waals surface area contributed by atoms with Crippen LogP contribution in [0.15, 0.2) is 48.7 Å². The fourth-order valence-electron chi connectivity index (χ4n) is 6.13. The molecule has 1 aromatic heterocycles. The normalized spacial score (nSPS) is 24.4. The fraction of sp³-hybridized carbons (Fsp3) is 0.429. The van der Waals surface area contributed by atoms with Crippen molar-refractivity contribution >= 4 is 22.3 Å². The van der Waals surface area contributed by atoms with E-state index in [-0.39, 0.29) is 6.10 Å². The number of aliphatic hydroxyl groups is 1. The predicted molar refractivity (Wildman–Crippen MR) is 138 cm³/mol. The molecule has 2 N–H and O–H groups in total. The number of nitriles is 1. The summed E-state index contributed by atoms with van der Waals surface area (Å²) in [5.41, 5.74) is 6.59. The molecule has 2 saturated heterocycles. The Bertz CT molecular complexity index is 1290. The number of hydrogen-bond donors (Lipinski definition) is 2. The maximum absolute atomic E-state index is 9.73. The maximum atomic E-state index is 9.73. The van der Waals surface area contributed by atoms with E-state index in [4.69, 9.17) is 0 Å². The van der Waals surface area contributed by atoms with Gasteiger partial charge in [-0.25, -0.2) is 0 Å². The van der Waals surface area contributed by atoms with Crippen LogP contribution in [0.25, 0.3) is 10.9 Å². The number of fused-ring (bicyclic) bond motifs is 4. The summed E-state index contributed by atoms with van der Waals surface area (Å²) in [6.07, 6.45) is 2.49. The van der Waals surface area contributed by atoms with Crippen molar-refractivity contribution in [3.8, 4) is 6.07 Å². The van der Waals surface area contributed by atoms with Crippen LogP contribution in [-0.4, -0.2) is 71.3 Å². The number of benzene rings is 2. The smallest absolute Gasteiger partial charge is 0.101 e. The highest BCUT2D eigenvalue weighted by Crippen LogP contribution is 2.41. The lowest BCUT2D eigenvalue weighted by atomic mass is 9.99. The van der Waals surface area contributed by atoms with E-state index in [1.54, 1.807) is 6.20 Å². The zero-order chi connectivity index (χ0) is 23.9. The number of β-amino-alcohol motifs (C(OH)–C–C–N with tert-alkyl or cyclic N) is 1. The van der Waals surface area contributed by atoms with Crippen LogP contribution < -0.4 is 10.2 Å². The average Bonchev–Trinajstić information content (AvgIpc) is 3.46. The Morgan fingerprint density at radius 2 is 2.09 bits per heavy atom. The molecule has 4 heterocycles. The van der Waals surface area contributed by atoms with Crippen LogP contribution >= 0.6 is 0 Å². The van der Waals surface area contributed by atoms with E-state index in [0.717, 1.165) is 68.8 Å². The minimum atomic E-state index is -0.160. The number of pyridine rings is 1. The number of piperazine rings is 1. The van der Waals surface area contributed by atoms with Crippen molar-refractivity contribution < 1.29 is 5.11 Å². The molecule has 2 fully saturated rings. The van der Waals surface area contributed by atoms with E-state index in [1.165, 1.54) is 16.8 Å². The van der Waals surface area contributed by atoms with Gasteiger partial charge in [0.15, 0.2) is 0 Å². The minimum Gasteiger partial charge on any atom is -0.392 e. The summed E-state index contributed by atoms with van der Waals surface area (Å²) in [6.45, 7) is 8.82. The molecule has 3 atom stereocenters. The van der Waals surface area contributed by atoms with Gasteiger partial charge in [0, 0.05) is 74.8 Å². The summed E-state index contributed by atoms with van der Waals surface area (Å²) in [7, 11) is 0. The van der Waals surface area contributed by atoms with E-state index < -0.39 is 0 Å². The molecule has 0 radical (unpaired) electrons. The van der Waals surface area contributed by atoms with Crippen molar-refractivity contribution in [2.75, 3.05) is 49.5 Å². The fourth-order valence-corrected chi connectivity index (χ4v) is 6.13. The first kappa shape index (κ1) is 22.3. The summed E-state index contributed by atoms with van der Waals surface area (Å²) in [5, 5.41) is 23.9.